The van der Waals surface area contributed by atoms with E-state index < -0.39 is 0 Å². The van der Waals surface area contributed by atoms with Crippen molar-refractivity contribution in [2.75, 3.05) is 27.3 Å². The first-order chi connectivity index (χ1) is 8.26. The molecule has 1 fully saturated rings. The topological polar surface area (TPSA) is 56.5 Å². The lowest BCUT2D eigenvalue weighted by Crippen LogP contribution is -2.24. The summed E-state index contributed by atoms with van der Waals surface area (Å²) in [5.41, 5.74) is 7.35. The van der Waals surface area contributed by atoms with E-state index >= 15 is 0 Å². The third-order valence-corrected chi connectivity index (χ3v) is 3.40. The second-order valence-electron chi connectivity index (χ2n) is 4.39. The summed E-state index contributed by atoms with van der Waals surface area (Å²) in [6.45, 7) is 2.02. The Morgan fingerprint density at radius 3 is 2.76 bits per heavy atom. The SMILES string of the molecule is COc1ccc(OC)c(C(N)C2CCNC2)c1. The van der Waals surface area contributed by atoms with Crippen LogP contribution in [0, 0.1) is 5.92 Å². The van der Waals surface area contributed by atoms with E-state index in [1.165, 1.54) is 0 Å². The summed E-state index contributed by atoms with van der Waals surface area (Å²) < 4.78 is 10.6. The van der Waals surface area contributed by atoms with Gasteiger partial charge in [-0.3, -0.25) is 0 Å². The molecule has 1 aliphatic heterocycles. The van der Waals surface area contributed by atoms with Gasteiger partial charge in [0.25, 0.3) is 0 Å². The van der Waals surface area contributed by atoms with Crippen LogP contribution in [-0.2, 0) is 0 Å². The fourth-order valence-electron chi connectivity index (χ4n) is 2.34. The number of nitrogens with one attached hydrogen (secondary N) is 1. The maximum atomic E-state index is 6.32. The van der Waals surface area contributed by atoms with Gasteiger partial charge in [0, 0.05) is 11.6 Å². The van der Waals surface area contributed by atoms with E-state index in [1.54, 1.807) is 14.2 Å². The molecule has 1 aliphatic rings. The monoisotopic (exact) mass is 236 g/mol. The highest BCUT2D eigenvalue weighted by Gasteiger charge is 2.25. The van der Waals surface area contributed by atoms with E-state index in [1.807, 2.05) is 18.2 Å². The number of nitrogens with two attached hydrogens (primary N) is 1. The molecule has 1 saturated heterocycles. The second-order valence-corrected chi connectivity index (χ2v) is 4.39. The molecular formula is C13H20N2O2. The van der Waals surface area contributed by atoms with Crippen LogP contribution in [0.25, 0.3) is 0 Å². The highest BCUT2D eigenvalue weighted by atomic mass is 16.5. The van der Waals surface area contributed by atoms with Crippen LogP contribution in [0.1, 0.15) is 18.0 Å². The molecule has 94 valence electrons. The number of benzene rings is 1. The zero-order valence-electron chi connectivity index (χ0n) is 10.4. The van der Waals surface area contributed by atoms with E-state index in [9.17, 15) is 0 Å². The third kappa shape index (κ3) is 2.53. The molecule has 0 saturated carbocycles. The summed E-state index contributed by atoms with van der Waals surface area (Å²) in [4.78, 5) is 0. The van der Waals surface area contributed by atoms with Crippen molar-refractivity contribution in [2.24, 2.45) is 11.7 Å². The van der Waals surface area contributed by atoms with Crippen LogP contribution in [0.2, 0.25) is 0 Å². The van der Waals surface area contributed by atoms with Gasteiger partial charge in [0.05, 0.1) is 14.2 Å². The average Bonchev–Trinajstić information content (AvgIpc) is 2.91. The van der Waals surface area contributed by atoms with Crippen molar-refractivity contribution in [3.63, 3.8) is 0 Å². The molecule has 2 atom stereocenters. The predicted molar refractivity (Wildman–Crippen MR) is 67.5 cm³/mol. The van der Waals surface area contributed by atoms with E-state index in [2.05, 4.69) is 5.32 Å². The minimum Gasteiger partial charge on any atom is -0.497 e. The first-order valence-corrected chi connectivity index (χ1v) is 5.94. The van der Waals surface area contributed by atoms with Crippen molar-refractivity contribution in [2.45, 2.75) is 12.5 Å². The van der Waals surface area contributed by atoms with E-state index in [-0.39, 0.29) is 6.04 Å². The Morgan fingerprint density at radius 2 is 2.18 bits per heavy atom. The third-order valence-electron chi connectivity index (χ3n) is 3.40. The first-order valence-electron chi connectivity index (χ1n) is 5.94. The van der Waals surface area contributed by atoms with E-state index in [4.69, 9.17) is 15.2 Å². The molecule has 3 N–H and O–H groups in total. The van der Waals surface area contributed by atoms with Crippen LogP contribution in [0.3, 0.4) is 0 Å². The van der Waals surface area contributed by atoms with Crippen LogP contribution in [0.5, 0.6) is 11.5 Å². The molecule has 0 amide bonds. The van der Waals surface area contributed by atoms with Gasteiger partial charge in [-0.05, 0) is 43.6 Å². The van der Waals surface area contributed by atoms with Crippen LogP contribution < -0.4 is 20.5 Å². The van der Waals surface area contributed by atoms with Crippen LogP contribution >= 0.6 is 0 Å². The predicted octanol–water partition coefficient (Wildman–Crippen LogP) is 1.31. The zero-order valence-corrected chi connectivity index (χ0v) is 10.4. The Bertz CT molecular complexity index is 376. The number of ether oxygens (including phenoxy) is 2. The van der Waals surface area contributed by atoms with Gasteiger partial charge in [0.15, 0.2) is 0 Å². The summed E-state index contributed by atoms with van der Waals surface area (Å²) in [6, 6.07) is 5.77. The van der Waals surface area contributed by atoms with Gasteiger partial charge in [-0.25, -0.2) is 0 Å². The van der Waals surface area contributed by atoms with Crippen LogP contribution in [0.4, 0.5) is 0 Å². The molecule has 0 spiro atoms. The lowest BCUT2D eigenvalue weighted by molar-refractivity contribution is 0.382. The molecule has 0 radical (unpaired) electrons. The minimum absolute atomic E-state index is 0.00458. The van der Waals surface area contributed by atoms with E-state index in [0.29, 0.717) is 5.92 Å². The number of rotatable bonds is 4. The smallest absolute Gasteiger partial charge is 0.123 e. The molecule has 2 rings (SSSR count). The summed E-state index contributed by atoms with van der Waals surface area (Å²) in [5.74, 6) is 2.13. The maximum absolute atomic E-state index is 6.32. The molecule has 4 heteroatoms. The molecule has 0 aromatic heterocycles. The fourth-order valence-corrected chi connectivity index (χ4v) is 2.34. The van der Waals surface area contributed by atoms with E-state index in [0.717, 1.165) is 36.6 Å². The average molecular weight is 236 g/mol. The molecule has 17 heavy (non-hydrogen) atoms. The maximum Gasteiger partial charge on any atom is 0.123 e. The summed E-state index contributed by atoms with van der Waals surface area (Å²) >= 11 is 0. The van der Waals surface area contributed by atoms with Crippen LogP contribution in [0.15, 0.2) is 18.2 Å². The quantitative estimate of drug-likeness (QED) is 0.827. The number of hydrogen-bond donors (Lipinski definition) is 2. The standard InChI is InChI=1S/C13H20N2O2/c1-16-10-3-4-12(17-2)11(7-10)13(14)9-5-6-15-8-9/h3-4,7,9,13,15H,5-6,8,14H2,1-2H3. The lowest BCUT2D eigenvalue weighted by atomic mass is 9.92. The van der Waals surface area contributed by atoms with Gasteiger partial charge in [0.1, 0.15) is 11.5 Å². The van der Waals surface area contributed by atoms with Gasteiger partial charge >= 0.3 is 0 Å². The van der Waals surface area contributed by atoms with Gasteiger partial charge < -0.3 is 20.5 Å². The number of methoxy groups -OCH3 is 2. The fraction of sp³-hybridized carbons (Fsp3) is 0.538. The molecule has 1 aromatic carbocycles. The summed E-state index contributed by atoms with van der Waals surface area (Å²) in [6.07, 6.45) is 1.11. The normalized spacial score (nSPS) is 21.2. The molecule has 0 bridgehead atoms. The largest absolute Gasteiger partial charge is 0.497 e. The summed E-state index contributed by atoms with van der Waals surface area (Å²) in [7, 11) is 3.33. The molecule has 4 nitrogen and oxygen atoms in total. The summed E-state index contributed by atoms with van der Waals surface area (Å²) in [5, 5.41) is 3.34. The Balaban J connectivity index is 2.27. The van der Waals surface area contributed by atoms with Crippen molar-refractivity contribution < 1.29 is 9.47 Å². The van der Waals surface area contributed by atoms with Crippen molar-refractivity contribution in [3.05, 3.63) is 23.8 Å². The van der Waals surface area contributed by atoms with Gasteiger partial charge in [-0.15, -0.1) is 0 Å². The Hall–Kier alpha value is -1.26. The van der Waals surface area contributed by atoms with Crippen LogP contribution in [-0.4, -0.2) is 27.3 Å². The molecular weight excluding hydrogens is 216 g/mol. The van der Waals surface area contributed by atoms with Gasteiger partial charge in [0.2, 0.25) is 0 Å². The lowest BCUT2D eigenvalue weighted by Gasteiger charge is -2.21. The minimum atomic E-state index is -0.00458. The van der Waals surface area contributed by atoms with Crippen molar-refractivity contribution >= 4 is 0 Å². The molecule has 0 aliphatic carbocycles. The van der Waals surface area contributed by atoms with Crippen molar-refractivity contribution in [1.82, 2.24) is 5.32 Å². The highest BCUT2D eigenvalue weighted by molar-refractivity contribution is 5.42. The van der Waals surface area contributed by atoms with Crippen molar-refractivity contribution in [3.8, 4) is 11.5 Å². The van der Waals surface area contributed by atoms with Gasteiger partial charge in [-0.2, -0.15) is 0 Å². The second kappa shape index (κ2) is 5.38. The highest BCUT2D eigenvalue weighted by Crippen LogP contribution is 2.33. The Morgan fingerprint density at radius 1 is 1.35 bits per heavy atom. The molecule has 2 unspecified atom stereocenters. The molecule has 1 heterocycles. The molecule has 1 aromatic rings. The Labute approximate surface area is 102 Å². The Kier molecular flexibility index (Phi) is 3.86. The van der Waals surface area contributed by atoms with Crippen molar-refractivity contribution in [1.29, 1.82) is 0 Å². The first kappa shape index (κ1) is 12.2. The van der Waals surface area contributed by atoms with Gasteiger partial charge in [-0.1, -0.05) is 0 Å². The number of hydrogen-bond acceptors (Lipinski definition) is 4. The zero-order chi connectivity index (χ0) is 12.3.